The van der Waals surface area contributed by atoms with E-state index in [4.69, 9.17) is 10.7 Å². The zero-order valence-corrected chi connectivity index (χ0v) is 17.2. The number of hydrogen-bond acceptors (Lipinski definition) is 3. The molecule has 1 saturated carbocycles. The first-order valence-electron chi connectivity index (χ1n) is 10.9. The zero-order chi connectivity index (χ0) is 19.8. The molecule has 0 aromatic heterocycles. The smallest absolute Gasteiger partial charge is 0.196 e. The molecule has 0 spiro atoms. The van der Waals surface area contributed by atoms with Crippen molar-refractivity contribution in [2.75, 3.05) is 25.0 Å². The molecule has 3 rings (SSSR count). The number of hydrogen-bond donors (Lipinski definition) is 3. The van der Waals surface area contributed by atoms with Gasteiger partial charge < -0.3 is 21.3 Å². The molecular weight excluding hydrogens is 353 g/mol. The number of nitrogens with two attached hydrogens (primary N) is 1. The maximum Gasteiger partial charge on any atom is 0.196 e. The summed E-state index contributed by atoms with van der Waals surface area (Å²) in [4.78, 5) is 7.35. The van der Waals surface area contributed by atoms with E-state index < -0.39 is 0 Å². The number of likely N-dealkylation sites (tertiary alicyclic amines) is 1. The SMILES string of the molecule is CC1CCCCN1CCCN=C(Nc1cccc(F)c1)N[C@H]1CCCC[C@@H]1N. The minimum absolute atomic E-state index is 0.141. The number of guanidine groups is 1. The molecule has 1 aromatic rings. The lowest BCUT2D eigenvalue weighted by Gasteiger charge is -2.33. The second-order valence-electron chi connectivity index (χ2n) is 8.30. The highest BCUT2D eigenvalue weighted by Crippen LogP contribution is 2.18. The summed E-state index contributed by atoms with van der Waals surface area (Å²) in [5, 5.41) is 6.76. The second kappa shape index (κ2) is 10.8. The normalized spacial score (nSPS) is 26.8. The summed E-state index contributed by atoms with van der Waals surface area (Å²) in [6.45, 7) is 5.36. The number of halogens is 1. The molecule has 1 aliphatic heterocycles. The van der Waals surface area contributed by atoms with Gasteiger partial charge in [0.05, 0.1) is 0 Å². The molecule has 156 valence electrons. The van der Waals surface area contributed by atoms with E-state index in [2.05, 4.69) is 22.5 Å². The van der Waals surface area contributed by atoms with Gasteiger partial charge in [0.1, 0.15) is 5.82 Å². The maximum absolute atomic E-state index is 13.6. The van der Waals surface area contributed by atoms with Crippen LogP contribution in [0.25, 0.3) is 0 Å². The van der Waals surface area contributed by atoms with Crippen molar-refractivity contribution in [2.24, 2.45) is 10.7 Å². The Morgan fingerprint density at radius 3 is 2.82 bits per heavy atom. The van der Waals surface area contributed by atoms with Crippen LogP contribution in [0.15, 0.2) is 29.3 Å². The molecule has 6 heteroatoms. The summed E-state index contributed by atoms with van der Waals surface area (Å²) in [6.07, 6.45) is 9.45. The predicted molar refractivity (Wildman–Crippen MR) is 115 cm³/mol. The van der Waals surface area contributed by atoms with E-state index in [1.165, 1.54) is 50.8 Å². The summed E-state index contributed by atoms with van der Waals surface area (Å²) in [6, 6.07) is 7.55. The number of rotatable bonds is 6. The third-order valence-corrected chi connectivity index (χ3v) is 6.04. The number of benzene rings is 1. The Labute approximate surface area is 169 Å². The van der Waals surface area contributed by atoms with E-state index in [1.54, 1.807) is 6.07 Å². The fraction of sp³-hybridized carbons (Fsp3) is 0.682. The Hall–Kier alpha value is -1.66. The van der Waals surface area contributed by atoms with Crippen molar-refractivity contribution < 1.29 is 4.39 Å². The number of anilines is 1. The van der Waals surface area contributed by atoms with Gasteiger partial charge in [0, 0.05) is 36.9 Å². The Morgan fingerprint density at radius 2 is 2.04 bits per heavy atom. The largest absolute Gasteiger partial charge is 0.352 e. The number of nitrogens with one attached hydrogen (secondary N) is 2. The lowest BCUT2D eigenvalue weighted by atomic mass is 9.91. The van der Waals surface area contributed by atoms with Crippen LogP contribution in [0.2, 0.25) is 0 Å². The fourth-order valence-electron chi connectivity index (χ4n) is 4.29. The molecule has 1 heterocycles. The molecule has 3 atom stereocenters. The molecule has 0 amide bonds. The van der Waals surface area contributed by atoms with Gasteiger partial charge in [-0.05, 0) is 63.8 Å². The van der Waals surface area contributed by atoms with Gasteiger partial charge in [-0.1, -0.05) is 25.3 Å². The van der Waals surface area contributed by atoms with Crippen molar-refractivity contribution in [1.82, 2.24) is 10.2 Å². The van der Waals surface area contributed by atoms with E-state index in [1.807, 2.05) is 6.07 Å². The summed E-state index contributed by atoms with van der Waals surface area (Å²) in [5.74, 6) is 0.456. The summed E-state index contributed by atoms with van der Waals surface area (Å²) in [5.41, 5.74) is 7.01. The first-order valence-corrected chi connectivity index (χ1v) is 10.9. The summed E-state index contributed by atoms with van der Waals surface area (Å²) < 4.78 is 13.6. The summed E-state index contributed by atoms with van der Waals surface area (Å²) >= 11 is 0. The van der Waals surface area contributed by atoms with E-state index in [-0.39, 0.29) is 17.9 Å². The van der Waals surface area contributed by atoms with Crippen LogP contribution in [0.3, 0.4) is 0 Å². The van der Waals surface area contributed by atoms with Crippen LogP contribution >= 0.6 is 0 Å². The Balaban J connectivity index is 1.58. The van der Waals surface area contributed by atoms with E-state index >= 15 is 0 Å². The minimum atomic E-state index is -0.252. The molecule has 1 saturated heterocycles. The quantitative estimate of drug-likeness (QED) is 0.394. The van der Waals surface area contributed by atoms with Gasteiger partial charge in [-0.25, -0.2) is 4.39 Å². The van der Waals surface area contributed by atoms with E-state index in [9.17, 15) is 4.39 Å². The van der Waals surface area contributed by atoms with Gasteiger partial charge in [-0.3, -0.25) is 4.99 Å². The first-order chi connectivity index (χ1) is 13.6. The molecule has 2 fully saturated rings. The predicted octanol–water partition coefficient (Wildman–Crippen LogP) is 3.72. The Morgan fingerprint density at radius 1 is 1.21 bits per heavy atom. The van der Waals surface area contributed by atoms with Crippen LogP contribution in [0.4, 0.5) is 10.1 Å². The molecule has 0 bridgehead atoms. The van der Waals surface area contributed by atoms with Crippen LogP contribution in [0.5, 0.6) is 0 Å². The topological polar surface area (TPSA) is 65.7 Å². The average Bonchev–Trinajstić information content (AvgIpc) is 2.68. The van der Waals surface area contributed by atoms with Crippen LogP contribution < -0.4 is 16.4 Å². The van der Waals surface area contributed by atoms with Gasteiger partial charge >= 0.3 is 0 Å². The molecule has 0 radical (unpaired) electrons. The van der Waals surface area contributed by atoms with Gasteiger partial charge in [0.15, 0.2) is 5.96 Å². The van der Waals surface area contributed by atoms with Gasteiger partial charge in [-0.2, -0.15) is 0 Å². The van der Waals surface area contributed by atoms with Crippen LogP contribution in [0.1, 0.15) is 58.3 Å². The highest BCUT2D eigenvalue weighted by molar-refractivity contribution is 5.93. The molecule has 1 aromatic carbocycles. The Bertz CT molecular complexity index is 635. The summed E-state index contributed by atoms with van der Waals surface area (Å²) in [7, 11) is 0. The average molecular weight is 390 g/mol. The highest BCUT2D eigenvalue weighted by atomic mass is 19.1. The molecular formula is C22H36FN5. The van der Waals surface area contributed by atoms with Gasteiger partial charge in [-0.15, -0.1) is 0 Å². The van der Waals surface area contributed by atoms with Crippen molar-refractivity contribution in [3.05, 3.63) is 30.1 Å². The van der Waals surface area contributed by atoms with Crippen LogP contribution in [-0.2, 0) is 0 Å². The minimum Gasteiger partial charge on any atom is -0.352 e. The lowest BCUT2D eigenvalue weighted by molar-refractivity contribution is 0.160. The number of piperidine rings is 1. The first kappa shape index (κ1) is 21.1. The van der Waals surface area contributed by atoms with Crippen molar-refractivity contribution in [1.29, 1.82) is 0 Å². The van der Waals surface area contributed by atoms with Crippen molar-refractivity contribution in [3.63, 3.8) is 0 Å². The number of nitrogens with zero attached hydrogens (tertiary/aromatic N) is 2. The molecule has 28 heavy (non-hydrogen) atoms. The van der Waals surface area contributed by atoms with Crippen molar-refractivity contribution in [2.45, 2.75) is 76.4 Å². The zero-order valence-electron chi connectivity index (χ0n) is 17.2. The van der Waals surface area contributed by atoms with E-state index in [0.29, 0.717) is 17.7 Å². The molecule has 1 unspecified atom stereocenters. The second-order valence-corrected chi connectivity index (χ2v) is 8.30. The van der Waals surface area contributed by atoms with E-state index in [0.717, 1.165) is 32.4 Å². The van der Waals surface area contributed by atoms with Crippen LogP contribution in [0, 0.1) is 5.82 Å². The van der Waals surface area contributed by atoms with Crippen molar-refractivity contribution in [3.8, 4) is 0 Å². The lowest BCUT2D eigenvalue weighted by Crippen LogP contribution is -2.51. The fourth-order valence-corrected chi connectivity index (χ4v) is 4.29. The molecule has 4 N–H and O–H groups in total. The maximum atomic E-state index is 13.6. The third-order valence-electron chi connectivity index (χ3n) is 6.04. The number of aliphatic imine (C=N–C) groups is 1. The van der Waals surface area contributed by atoms with Gasteiger partial charge in [0.25, 0.3) is 0 Å². The highest BCUT2D eigenvalue weighted by Gasteiger charge is 2.23. The van der Waals surface area contributed by atoms with Crippen LogP contribution in [-0.4, -0.2) is 48.6 Å². The molecule has 5 nitrogen and oxygen atoms in total. The monoisotopic (exact) mass is 389 g/mol. The standard InChI is InChI=1S/C22H36FN5/c1-17-8-4-5-14-28(17)15-7-13-25-22(26-19-10-6-9-18(23)16-19)27-21-12-3-2-11-20(21)24/h6,9-10,16-17,20-21H,2-5,7-8,11-15,24H2,1H3,(H2,25,26,27)/t17?,20-,21-/m0/s1. The van der Waals surface area contributed by atoms with Gasteiger partial charge in [0.2, 0.25) is 0 Å². The van der Waals surface area contributed by atoms with Crippen molar-refractivity contribution >= 4 is 11.6 Å². The third kappa shape index (κ3) is 6.45. The molecule has 2 aliphatic rings. The Kier molecular flexibility index (Phi) is 8.10. The molecule has 1 aliphatic carbocycles.